The highest BCUT2D eigenvalue weighted by Gasteiger charge is 2.41. The van der Waals surface area contributed by atoms with Crippen LogP contribution in [-0.2, 0) is 17.5 Å². The molecule has 1 aromatic carbocycles. The summed E-state index contributed by atoms with van der Waals surface area (Å²) in [6, 6.07) is 5.87. The summed E-state index contributed by atoms with van der Waals surface area (Å²) < 4.78 is 38.9. The number of hydrogen-bond acceptors (Lipinski definition) is 3. The molecule has 3 rings (SSSR count). The Morgan fingerprint density at radius 2 is 2.03 bits per heavy atom. The first-order valence-corrected chi connectivity index (χ1v) is 9.07. The van der Waals surface area contributed by atoms with Crippen LogP contribution in [0.15, 0.2) is 36.5 Å². The van der Waals surface area contributed by atoms with E-state index >= 15 is 0 Å². The lowest BCUT2D eigenvalue weighted by Crippen LogP contribution is -2.43. The van der Waals surface area contributed by atoms with Gasteiger partial charge in [0.05, 0.1) is 17.1 Å². The topological polar surface area (TPSA) is 65.5 Å². The first-order valence-electron chi connectivity index (χ1n) is 8.69. The standard InChI is InChI=1S/C19H18ClF3N4O2/c1-11-5-4-8-24-16(11)27-10-14(26(2)18(27)29)17(28)25-9-12-6-3-7-13(15(12)20)19(21,22)23/h3-8,14H,9-10H2,1-2H3,(H,25,28). The van der Waals surface area contributed by atoms with Crippen LogP contribution in [0.1, 0.15) is 16.7 Å². The van der Waals surface area contributed by atoms with Crippen molar-refractivity contribution >= 4 is 29.4 Å². The van der Waals surface area contributed by atoms with Crippen LogP contribution in [0.5, 0.6) is 0 Å². The van der Waals surface area contributed by atoms with Gasteiger partial charge < -0.3 is 10.2 Å². The van der Waals surface area contributed by atoms with Crippen LogP contribution >= 0.6 is 11.6 Å². The number of nitrogens with one attached hydrogen (secondary N) is 1. The Labute approximate surface area is 170 Å². The van der Waals surface area contributed by atoms with Gasteiger partial charge in [0, 0.05) is 19.8 Å². The third-order valence-electron chi connectivity index (χ3n) is 4.73. The number of aryl methyl sites for hydroxylation is 1. The Kier molecular flexibility index (Phi) is 5.70. The molecule has 1 unspecified atom stereocenters. The maximum Gasteiger partial charge on any atom is 0.417 e. The van der Waals surface area contributed by atoms with Gasteiger partial charge in [0.15, 0.2) is 0 Å². The molecule has 3 amide bonds. The number of alkyl halides is 3. The number of urea groups is 1. The fourth-order valence-electron chi connectivity index (χ4n) is 3.13. The minimum Gasteiger partial charge on any atom is -0.350 e. The van der Waals surface area contributed by atoms with Crippen molar-refractivity contribution in [3.63, 3.8) is 0 Å². The lowest BCUT2D eigenvalue weighted by molar-refractivity contribution is -0.137. The number of likely N-dealkylation sites (N-methyl/N-ethyl adjacent to an activating group) is 1. The van der Waals surface area contributed by atoms with Gasteiger partial charge in [0.2, 0.25) is 5.91 Å². The van der Waals surface area contributed by atoms with Crippen molar-refractivity contribution in [3.8, 4) is 0 Å². The Hall–Kier alpha value is -2.81. The quantitative estimate of drug-likeness (QED) is 0.812. The summed E-state index contributed by atoms with van der Waals surface area (Å²) in [7, 11) is 1.49. The minimum atomic E-state index is -4.59. The zero-order valence-corrected chi connectivity index (χ0v) is 16.4. The molecule has 0 bridgehead atoms. The summed E-state index contributed by atoms with van der Waals surface area (Å²) in [6.45, 7) is 1.69. The highest BCUT2D eigenvalue weighted by molar-refractivity contribution is 6.32. The number of halogens is 4. The summed E-state index contributed by atoms with van der Waals surface area (Å²) in [6.07, 6.45) is -3.03. The number of hydrogen-bond donors (Lipinski definition) is 1. The summed E-state index contributed by atoms with van der Waals surface area (Å²) in [5, 5.41) is 2.11. The second-order valence-electron chi connectivity index (χ2n) is 6.66. The van der Waals surface area contributed by atoms with E-state index in [1.54, 1.807) is 25.3 Å². The first-order chi connectivity index (χ1) is 13.6. The number of pyridine rings is 1. The van der Waals surface area contributed by atoms with E-state index in [1.165, 1.54) is 29.0 Å². The van der Waals surface area contributed by atoms with Gasteiger partial charge in [-0.1, -0.05) is 29.8 Å². The third kappa shape index (κ3) is 4.14. The van der Waals surface area contributed by atoms with Crippen LogP contribution in [0.3, 0.4) is 0 Å². The molecule has 0 spiro atoms. The van der Waals surface area contributed by atoms with Gasteiger partial charge in [-0.05, 0) is 30.2 Å². The molecule has 1 fully saturated rings. The summed E-state index contributed by atoms with van der Waals surface area (Å²) >= 11 is 5.86. The average molecular weight is 427 g/mol. The molecule has 1 atom stereocenters. The van der Waals surface area contributed by atoms with E-state index in [4.69, 9.17) is 11.6 Å². The van der Waals surface area contributed by atoms with Gasteiger partial charge >= 0.3 is 12.2 Å². The lowest BCUT2D eigenvalue weighted by Gasteiger charge is -2.18. The van der Waals surface area contributed by atoms with E-state index in [1.807, 2.05) is 0 Å². The molecule has 0 radical (unpaired) electrons. The van der Waals surface area contributed by atoms with E-state index in [2.05, 4.69) is 10.3 Å². The van der Waals surface area contributed by atoms with Gasteiger partial charge in [-0.15, -0.1) is 0 Å². The smallest absolute Gasteiger partial charge is 0.350 e. The number of carbonyl (C=O) groups excluding carboxylic acids is 2. The van der Waals surface area contributed by atoms with Crippen LogP contribution in [-0.4, -0.2) is 41.5 Å². The molecule has 1 N–H and O–H groups in total. The minimum absolute atomic E-state index is 0.0787. The Bertz CT molecular complexity index is 951. The predicted molar refractivity (Wildman–Crippen MR) is 102 cm³/mol. The van der Waals surface area contributed by atoms with Crippen LogP contribution in [0.4, 0.5) is 23.8 Å². The van der Waals surface area contributed by atoms with Gasteiger partial charge in [0.25, 0.3) is 0 Å². The number of aromatic nitrogens is 1. The molecule has 2 aromatic rings. The molecule has 2 heterocycles. The van der Waals surface area contributed by atoms with Gasteiger partial charge in [-0.3, -0.25) is 9.69 Å². The first kappa shape index (κ1) is 20.9. The molecule has 1 aromatic heterocycles. The number of rotatable bonds is 4. The molecule has 1 saturated heterocycles. The Morgan fingerprint density at radius 1 is 1.31 bits per heavy atom. The average Bonchev–Trinajstić information content (AvgIpc) is 2.95. The monoisotopic (exact) mass is 426 g/mol. The maximum atomic E-state index is 13.0. The zero-order chi connectivity index (χ0) is 21.3. The molecule has 1 aliphatic rings. The van der Waals surface area contributed by atoms with Crippen LogP contribution in [0.2, 0.25) is 5.02 Å². The summed E-state index contributed by atoms with van der Waals surface area (Å²) in [5.74, 6) is -0.0361. The third-order valence-corrected chi connectivity index (χ3v) is 5.18. The van der Waals surface area contributed by atoms with Crippen LogP contribution in [0.25, 0.3) is 0 Å². The zero-order valence-electron chi connectivity index (χ0n) is 15.6. The fraction of sp³-hybridized carbons (Fsp3) is 0.316. The fourth-order valence-corrected chi connectivity index (χ4v) is 3.43. The molecule has 0 aliphatic carbocycles. The molecular formula is C19H18ClF3N4O2. The van der Waals surface area contributed by atoms with E-state index < -0.39 is 28.7 Å². The Balaban J connectivity index is 1.72. The largest absolute Gasteiger partial charge is 0.417 e. The van der Waals surface area contributed by atoms with Crippen molar-refractivity contribution in [3.05, 3.63) is 58.2 Å². The van der Waals surface area contributed by atoms with Crippen molar-refractivity contribution in [2.45, 2.75) is 25.7 Å². The van der Waals surface area contributed by atoms with Crippen molar-refractivity contribution < 1.29 is 22.8 Å². The van der Waals surface area contributed by atoms with Crippen molar-refractivity contribution in [2.75, 3.05) is 18.5 Å². The van der Waals surface area contributed by atoms with E-state index in [0.29, 0.717) is 5.82 Å². The molecule has 10 heteroatoms. The van der Waals surface area contributed by atoms with E-state index in [0.717, 1.165) is 11.6 Å². The van der Waals surface area contributed by atoms with Gasteiger partial charge in [-0.25, -0.2) is 9.78 Å². The number of anilines is 1. The SMILES string of the molecule is Cc1cccnc1N1CC(C(=O)NCc2cccc(C(F)(F)F)c2Cl)N(C)C1=O. The van der Waals surface area contributed by atoms with E-state index in [9.17, 15) is 22.8 Å². The number of benzene rings is 1. The molecule has 0 saturated carbocycles. The van der Waals surface area contributed by atoms with Crippen LogP contribution < -0.4 is 10.2 Å². The van der Waals surface area contributed by atoms with Crippen molar-refractivity contribution in [1.29, 1.82) is 0 Å². The molecule has 6 nitrogen and oxygen atoms in total. The number of carbonyl (C=O) groups is 2. The van der Waals surface area contributed by atoms with Crippen molar-refractivity contribution in [2.24, 2.45) is 0 Å². The highest BCUT2D eigenvalue weighted by atomic mass is 35.5. The molecule has 29 heavy (non-hydrogen) atoms. The van der Waals surface area contributed by atoms with E-state index in [-0.39, 0.29) is 24.7 Å². The normalized spacial score (nSPS) is 17.0. The Morgan fingerprint density at radius 3 is 2.69 bits per heavy atom. The predicted octanol–water partition coefficient (Wildman–Crippen LogP) is 3.62. The summed E-state index contributed by atoms with van der Waals surface area (Å²) in [4.78, 5) is 32.0. The molecule has 154 valence electrons. The maximum absolute atomic E-state index is 13.0. The molecular weight excluding hydrogens is 409 g/mol. The lowest BCUT2D eigenvalue weighted by atomic mass is 10.1. The summed E-state index contributed by atoms with van der Waals surface area (Å²) in [5.41, 5.74) is -0.0406. The second kappa shape index (κ2) is 7.90. The number of nitrogens with zero attached hydrogens (tertiary/aromatic N) is 3. The second-order valence-corrected chi connectivity index (χ2v) is 7.04. The number of amides is 3. The van der Waals surface area contributed by atoms with Crippen LogP contribution in [0, 0.1) is 6.92 Å². The molecule has 1 aliphatic heterocycles. The van der Waals surface area contributed by atoms with Crippen molar-refractivity contribution in [1.82, 2.24) is 15.2 Å². The highest BCUT2D eigenvalue weighted by Crippen LogP contribution is 2.36. The van der Waals surface area contributed by atoms with Gasteiger partial charge in [-0.2, -0.15) is 13.2 Å². The van der Waals surface area contributed by atoms with Gasteiger partial charge in [0.1, 0.15) is 11.9 Å².